The molecule has 0 heterocycles. The van der Waals surface area contributed by atoms with Crippen molar-refractivity contribution in [2.24, 2.45) is 11.8 Å². The van der Waals surface area contributed by atoms with Gasteiger partial charge in [-0.2, -0.15) is 0 Å². The zero-order valence-electron chi connectivity index (χ0n) is 10.6. The average Bonchev–Trinajstić information content (AvgIpc) is 2.38. The summed E-state index contributed by atoms with van der Waals surface area (Å²) in [4.78, 5) is 22.8. The molecule has 0 aromatic rings. The van der Waals surface area contributed by atoms with Crippen LogP contribution in [0.25, 0.3) is 0 Å². The monoisotopic (exact) mass is 256 g/mol. The van der Waals surface area contributed by atoms with E-state index < -0.39 is 23.8 Å². The number of carboxylic acids is 1. The molecule has 0 saturated heterocycles. The number of rotatable bonds is 6. The lowest BCUT2D eigenvalue weighted by Gasteiger charge is -2.26. The minimum Gasteiger partial charge on any atom is -0.498 e. The van der Waals surface area contributed by atoms with Crippen LogP contribution in [0.2, 0.25) is 0 Å². The summed E-state index contributed by atoms with van der Waals surface area (Å²) in [6.07, 6.45) is 6.18. The van der Waals surface area contributed by atoms with Gasteiger partial charge in [-0.3, -0.25) is 9.59 Å². The van der Waals surface area contributed by atoms with Crippen LogP contribution >= 0.6 is 0 Å². The van der Waals surface area contributed by atoms with E-state index in [-0.39, 0.29) is 6.61 Å². The van der Waals surface area contributed by atoms with Crippen molar-refractivity contribution in [3.8, 4) is 0 Å². The standard InChI is InChI=1S/C13H20O5/c1-2-7-17-8-9-18-13(16)11-6-4-3-5-10(11)12(14)15/h2,7,10-11H,3-6,8-9H2,1H3,(H,14,15). The molecule has 2 unspecified atom stereocenters. The number of carbonyl (C=O) groups is 2. The molecule has 1 fully saturated rings. The fourth-order valence-electron chi connectivity index (χ4n) is 2.17. The van der Waals surface area contributed by atoms with Gasteiger partial charge >= 0.3 is 11.9 Å². The summed E-state index contributed by atoms with van der Waals surface area (Å²) in [6.45, 7) is 2.28. The molecule has 1 rings (SSSR count). The Hall–Kier alpha value is -1.52. The van der Waals surface area contributed by atoms with Gasteiger partial charge in [-0.25, -0.2) is 0 Å². The summed E-state index contributed by atoms with van der Waals surface area (Å²) in [7, 11) is 0. The van der Waals surface area contributed by atoms with E-state index in [1.807, 2.05) is 6.92 Å². The number of carboxylic acid groups (broad SMARTS) is 1. The third kappa shape index (κ3) is 4.39. The third-order valence-electron chi connectivity index (χ3n) is 3.06. The smallest absolute Gasteiger partial charge is 0.309 e. The second kappa shape index (κ2) is 7.74. The van der Waals surface area contributed by atoms with E-state index in [0.29, 0.717) is 19.4 Å². The number of esters is 1. The lowest BCUT2D eigenvalue weighted by atomic mass is 9.79. The maximum absolute atomic E-state index is 11.8. The average molecular weight is 256 g/mol. The Morgan fingerprint density at radius 2 is 1.89 bits per heavy atom. The zero-order chi connectivity index (χ0) is 13.4. The van der Waals surface area contributed by atoms with Crippen molar-refractivity contribution in [3.63, 3.8) is 0 Å². The zero-order valence-corrected chi connectivity index (χ0v) is 10.6. The van der Waals surface area contributed by atoms with Crippen LogP contribution in [0, 0.1) is 11.8 Å². The molecule has 5 heteroatoms. The molecule has 1 aliphatic carbocycles. The lowest BCUT2D eigenvalue weighted by molar-refractivity contribution is -0.160. The molecule has 0 aromatic heterocycles. The molecule has 1 saturated carbocycles. The molecule has 0 spiro atoms. The minimum absolute atomic E-state index is 0.159. The number of hydrogen-bond acceptors (Lipinski definition) is 4. The SMILES string of the molecule is CC=COCCOC(=O)C1CCCCC1C(=O)O. The fraction of sp³-hybridized carbons (Fsp3) is 0.692. The van der Waals surface area contributed by atoms with E-state index in [4.69, 9.17) is 14.6 Å². The molecule has 0 bridgehead atoms. The van der Waals surface area contributed by atoms with Crippen LogP contribution in [0.1, 0.15) is 32.6 Å². The Labute approximate surface area is 107 Å². The maximum Gasteiger partial charge on any atom is 0.309 e. The highest BCUT2D eigenvalue weighted by Gasteiger charge is 2.36. The van der Waals surface area contributed by atoms with E-state index in [9.17, 15) is 9.59 Å². The number of aliphatic carboxylic acids is 1. The topological polar surface area (TPSA) is 72.8 Å². The second-order valence-electron chi connectivity index (χ2n) is 4.34. The van der Waals surface area contributed by atoms with Gasteiger partial charge in [0.1, 0.15) is 13.2 Å². The predicted molar refractivity (Wildman–Crippen MR) is 64.8 cm³/mol. The quantitative estimate of drug-likeness (QED) is 0.447. The lowest BCUT2D eigenvalue weighted by Crippen LogP contribution is -2.34. The van der Waals surface area contributed by atoms with Crippen molar-refractivity contribution in [2.75, 3.05) is 13.2 Å². The molecule has 2 atom stereocenters. The molecule has 0 aliphatic heterocycles. The van der Waals surface area contributed by atoms with Crippen LogP contribution in [0.4, 0.5) is 0 Å². The summed E-state index contributed by atoms with van der Waals surface area (Å²) in [5.74, 6) is -2.41. The molecule has 0 radical (unpaired) electrons. The summed E-state index contributed by atoms with van der Waals surface area (Å²) < 4.78 is 10.1. The van der Waals surface area contributed by atoms with Crippen LogP contribution in [0.15, 0.2) is 12.3 Å². The minimum atomic E-state index is -0.901. The van der Waals surface area contributed by atoms with Crippen LogP contribution in [-0.4, -0.2) is 30.3 Å². The first kappa shape index (κ1) is 14.5. The van der Waals surface area contributed by atoms with E-state index in [1.165, 1.54) is 6.26 Å². The molecule has 18 heavy (non-hydrogen) atoms. The molecule has 1 aliphatic rings. The summed E-state index contributed by atoms with van der Waals surface area (Å²) in [6, 6.07) is 0. The van der Waals surface area contributed by atoms with E-state index in [1.54, 1.807) is 6.08 Å². The van der Waals surface area contributed by atoms with Crippen molar-refractivity contribution in [1.29, 1.82) is 0 Å². The van der Waals surface area contributed by atoms with Gasteiger partial charge in [0.15, 0.2) is 0 Å². The normalized spacial score (nSPS) is 23.8. The van der Waals surface area contributed by atoms with Gasteiger partial charge in [0, 0.05) is 0 Å². The second-order valence-corrected chi connectivity index (χ2v) is 4.34. The van der Waals surface area contributed by atoms with Crippen LogP contribution in [0.3, 0.4) is 0 Å². The fourth-order valence-corrected chi connectivity index (χ4v) is 2.17. The van der Waals surface area contributed by atoms with Gasteiger partial charge in [-0.05, 0) is 19.8 Å². The van der Waals surface area contributed by atoms with Crippen LogP contribution in [-0.2, 0) is 19.1 Å². The first-order chi connectivity index (χ1) is 8.66. The first-order valence-electron chi connectivity index (χ1n) is 6.29. The van der Waals surface area contributed by atoms with Crippen molar-refractivity contribution < 1.29 is 24.2 Å². The Morgan fingerprint density at radius 1 is 1.22 bits per heavy atom. The van der Waals surface area contributed by atoms with Crippen LogP contribution in [0.5, 0.6) is 0 Å². The van der Waals surface area contributed by atoms with Crippen molar-refractivity contribution >= 4 is 11.9 Å². The molecular weight excluding hydrogens is 236 g/mol. The molecule has 5 nitrogen and oxygen atoms in total. The van der Waals surface area contributed by atoms with Gasteiger partial charge in [-0.15, -0.1) is 0 Å². The number of carbonyl (C=O) groups excluding carboxylic acids is 1. The van der Waals surface area contributed by atoms with Gasteiger partial charge in [-0.1, -0.05) is 18.9 Å². The highest BCUT2D eigenvalue weighted by Crippen LogP contribution is 2.31. The highest BCUT2D eigenvalue weighted by molar-refractivity contribution is 5.81. The van der Waals surface area contributed by atoms with Gasteiger partial charge in [0.25, 0.3) is 0 Å². The Kier molecular flexibility index (Phi) is 6.25. The highest BCUT2D eigenvalue weighted by atomic mass is 16.6. The molecule has 0 aromatic carbocycles. The molecule has 102 valence electrons. The number of hydrogen-bond donors (Lipinski definition) is 1. The van der Waals surface area contributed by atoms with Gasteiger partial charge in [0.2, 0.25) is 0 Å². The Balaban J connectivity index is 2.36. The first-order valence-corrected chi connectivity index (χ1v) is 6.29. The molecule has 0 amide bonds. The number of ether oxygens (including phenoxy) is 2. The third-order valence-corrected chi connectivity index (χ3v) is 3.06. The van der Waals surface area contributed by atoms with Crippen molar-refractivity contribution in [3.05, 3.63) is 12.3 Å². The van der Waals surface area contributed by atoms with E-state index in [0.717, 1.165) is 12.8 Å². The van der Waals surface area contributed by atoms with Crippen molar-refractivity contribution in [1.82, 2.24) is 0 Å². The Bertz CT molecular complexity index is 311. The maximum atomic E-state index is 11.8. The molecular formula is C13H20O5. The summed E-state index contributed by atoms with van der Waals surface area (Å²) in [5.41, 5.74) is 0. The van der Waals surface area contributed by atoms with Gasteiger partial charge < -0.3 is 14.6 Å². The predicted octanol–water partition coefficient (Wildman–Crippen LogP) is 1.97. The number of allylic oxidation sites excluding steroid dienone is 1. The van der Waals surface area contributed by atoms with E-state index in [2.05, 4.69) is 0 Å². The summed E-state index contributed by atoms with van der Waals surface area (Å²) >= 11 is 0. The Morgan fingerprint density at radius 3 is 2.50 bits per heavy atom. The largest absolute Gasteiger partial charge is 0.498 e. The summed E-state index contributed by atoms with van der Waals surface area (Å²) in [5, 5.41) is 9.06. The molecule has 1 N–H and O–H groups in total. The van der Waals surface area contributed by atoms with E-state index >= 15 is 0 Å². The van der Waals surface area contributed by atoms with Crippen LogP contribution < -0.4 is 0 Å². The van der Waals surface area contributed by atoms with Crippen molar-refractivity contribution in [2.45, 2.75) is 32.6 Å². The van der Waals surface area contributed by atoms with Gasteiger partial charge in [0.05, 0.1) is 18.1 Å².